The third-order valence-electron chi connectivity index (χ3n) is 3.59. The highest BCUT2D eigenvalue weighted by molar-refractivity contribution is 9.10. The fourth-order valence-corrected chi connectivity index (χ4v) is 3.17. The minimum absolute atomic E-state index is 0.119. The van der Waals surface area contributed by atoms with Crippen molar-refractivity contribution in [2.24, 2.45) is 0 Å². The zero-order chi connectivity index (χ0) is 14.7. The van der Waals surface area contributed by atoms with Gasteiger partial charge < -0.3 is 9.64 Å². The highest BCUT2D eigenvalue weighted by atomic mass is 79.9. The van der Waals surface area contributed by atoms with E-state index in [9.17, 15) is 9.59 Å². The van der Waals surface area contributed by atoms with Crippen molar-refractivity contribution in [3.8, 4) is 0 Å². The van der Waals surface area contributed by atoms with E-state index in [1.807, 2.05) is 19.1 Å². The number of hydrogen-bond acceptors (Lipinski definition) is 3. The maximum Gasteiger partial charge on any atom is 0.328 e. The molecule has 0 saturated carbocycles. The Balaban J connectivity index is 2.27. The van der Waals surface area contributed by atoms with Gasteiger partial charge in [-0.15, -0.1) is 0 Å². The molecule has 1 saturated heterocycles. The van der Waals surface area contributed by atoms with E-state index in [4.69, 9.17) is 4.74 Å². The molecule has 1 atom stereocenters. The van der Waals surface area contributed by atoms with Gasteiger partial charge in [-0.1, -0.05) is 6.07 Å². The number of carbonyl (C=O) groups excluding carboxylic acids is 2. The van der Waals surface area contributed by atoms with Gasteiger partial charge in [-0.2, -0.15) is 0 Å². The van der Waals surface area contributed by atoms with Crippen molar-refractivity contribution in [2.45, 2.75) is 32.2 Å². The second-order valence-electron chi connectivity index (χ2n) is 5.02. The molecule has 1 aliphatic rings. The Morgan fingerprint density at radius 3 is 2.75 bits per heavy atom. The van der Waals surface area contributed by atoms with Crippen LogP contribution in [-0.4, -0.2) is 36.5 Å². The first-order chi connectivity index (χ1) is 9.54. The molecule has 1 aliphatic heterocycles. The topological polar surface area (TPSA) is 46.6 Å². The number of ether oxygens (including phenoxy) is 1. The van der Waals surface area contributed by atoms with E-state index in [1.165, 1.54) is 7.11 Å². The zero-order valence-electron chi connectivity index (χ0n) is 11.7. The lowest BCUT2D eigenvalue weighted by Crippen LogP contribution is -2.48. The highest BCUT2D eigenvalue weighted by Crippen LogP contribution is 2.25. The average Bonchev–Trinajstić information content (AvgIpc) is 2.46. The van der Waals surface area contributed by atoms with Crippen molar-refractivity contribution >= 4 is 27.8 Å². The summed E-state index contributed by atoms with van der Waals surface area (Å²) in [5.74, 6) is -0.451. The van der Waals surface area contributed by atoms with Gasteiger partial charge in [-0.25, -0.2) is 4.79 Å². The number of hydrogen-bond donors (Lipinski definition) is 0. The third kappa shape index (κ3) is 3.03. The van der Waals surface area contributed by atoms with Gasteiger partial charge in [0.05, 0.1) is 12.7 Å². The first-order valence-corrected chi connectivity index (χ1v) is 7.49. The molecular formula is C15H18BrNO3. The molecule has 20 heavy (non-hydrogen) atoms. The molecule has 0 bridgehead atoms. The molecule has 4 nitrogen and oxygen atoms in total. The van der Waals surface area contributed by atoms with Crippen LogP contribution in [0.2, 0.25) is 0 Å². The van der Waals surface area contributed by atoms with Crippen molar-refractivity contribution in [2.75, 3.05) is 13.7 Å². The normalized spacial score (nSPS) is 18.8. The molecule has 2 rings (SSSR count). The minimum Gasteiger partial charge on any atom is -0.467 e. The Morgan fingerprint density at radius 1 is 1.35 bits per heavy atom. The summed E-state index contributed by atoms with van der Waals surface area (Å²) in [6.07, 6.45) is 2.53. The van der Waals surface area contributed by atoms with Crippen molar-refractivity contribution < 1.29 is 14.3 Å². The summed E-state index contributed by atoms with van der Waals surface area (Å²) in [6.45, 7) is 2.57. The van der Waals surface area contributed by atoms with Gasteiger partial charge >= 0.3 is 5.97 Å². The van der Waals surface area contributed by atoms with Gasteiger partial charge in [0.2, 0.25) is 0 Å². The fourth-order valence-electron chi connectivity index (χ4n) is 2.50. The van der Waals surface area contributed by atoms with E-state index >= 15 is 0 Å². The SMILES string of the molecule is COC(=O)[C@H]1CCCCN1C(=O)c1ccc(C)cc1Br. The standard InChI is InChI=1S/C15H18BrNO3/c1-10-6-7-11(12(16)9-10)14(18)17-8-4-3-5-13(17)15(19)20-2/h6-7,9,13H,3-5,8H2,1-2H3/t13-/m1/s1. The number of piperidine rings is 1. The van der Waals surface area contributed by atoms with Crippen LogP contribution in [0.15, 0.2) is 22.7 Å². The lowest BCUT2D eigenvalue weighted by Gasteiger charge is -2.34. The average molecular weight is 340 g/mol. The molecule has 0 aliphatic carbocycles. The number of nitrogens with zero attached hydrogens (tertiary/aromatic N) is 1. The molecule has 0 N–H and O–H groups in total. The van der Waals surface area contributed by atoms with Crippen molar-refractivity contribution in [3.63, 3.8) is 0 Å². The van der Waals surface area contributed by atoms with Gasteiger partial charge in [-0.05, 0) is 59.8 Å². The van der Waals surface area contributed by atoms with E-state index in [1.54, 1.807) is 11.0 Å². The lowest BCUT2D eigenvalue weighted by molar-refractivity contribution is -0.147. The summed E-state index contributed by atoms with van der Waals surface area (Å²) in [7, 11) is 1.36. The molecule has 0 aromatic heterocycles. The molecule has 0 radical (unpaired) electrons. The minimum atomic E-state index is -0.463. The summed E-state index contributed by atoms with van der Waals surface area (Å²) < 4.78 is 5.57. The van der Waals surface area contributed by atoms with Gasteiger partial charge in [0.25, 0.3) is 5.91 Å². The summed E-state index contributed by atoms with van der Waals surface area (Å²) in [4.78, 5) is 26.1. The van der Waals surface area contributed by atoms with Crippen LogP contribution < -0.4 is 0 Å². The Labute approximate surface area is 127 Å². The number of benzene rings is 1. The van der Waals surface area contributed by atoms with E-state index < -0.39 is 6.04 Å². The molecule has 1 heterocycles. The summed E-state index contributed by atoms with van der Waals surface area (Å²) in [6, 6.07) is 5.14. The fraction of sp³-hybridized carbons (Fsp3) is 0.467. The highest BCUT2D eigenvalue weighted by Gasteiger charge is 2.33. The summed E-state index contributed by atoms with van der Waals surface area (Å²) >= 11 is 3.42. The predicted molar refractivity (Wildman–Crippen MR) is 79.6 cm³/mol. The molecule has 0 unspecified atom stereocenters. The van der Waals surface area contributed by atoms with Crippen LogP contribution in [0, 0.1) is 6.92 Å². The lowest BCUT2D eigenvalue weighted by atomic mass is 10.0. The third-order valence-corrected chi connectivity index (χ3v) is 4.25. The van der Waals surface area contributed by atoms with Crippen molar-refractivity contribution in [3.05, 3.63) is 33.8 Å². The van der Waals surface area contributed by atoms with Crippen LogP contribution in [0.5, 0.6) is 0 Å². The second-order valence-corrected chi connectivity index (χ2v) is 5.87. The molecular weight excluding hydrogens is 322 g/mol. The first kappa shape index (κ1) is 15.0. The number of likely N-dealkylation sites (tertiary alicyclic amines) is 1. The van der Waals surface area contributed by atoms with Crippen LogP contribution in [0.3, 0.4) is 0 Å². The first-order valence-electron chi connectivity index (χ1n) is 6.69. The van der Waals surface area contributed by atoms with Crippen LogP contribution >= 0.6 is 15.9 Å². The summed E-state index contributed by atoms with van der Waals surface area (Å²) in [5.41, 5.74) is 1.67. The Morgan fingerprint density at radius 2 is 2.10 bits per heavy atom. The Hall–Kier alpha value is -1.36. The van der Waals surface area contributed by atoms with Crippen molar-refractivity contribution in [1.29, 1.82) is 0 Å². The molecule has 5 heteroatoms. The number of esters is 1. The number of amides is 1. The molecule has 0 spiro atoms. The number of rotatable bonds is 2. The predicted octanol–water partition coefficient (Wildman–Crippen LogP) is 2.93. The van der Waals surface area contributed by atoms with E-state index in [0.29, 0.717) is 18.5 Å². The van der Waals surface area contributed by atoms with Crippen molar-refractivity contribution in [1.82, 2.24) is 4.90 Å². The van der Waals surface area contributed by atoms with Gasteiger partial charge in [0, 0.05) is 11.0 Å². The second kappa shape index (κ2) is 6.39. The van der Waals surface area contributed by atoms with E-state index in [0.717, 1.165) is 22.9 Å². The monoisotopic (exact) mass is 339 g/mol. The van der Waals surface area contributed by atoms with Gasteiger partial charge in [-0.3, -0.25) is 4.79 Å². The number of methoxy groups -OCH3 is 1. The Kier molecular flexibility index (Phi) is 4.81. The smallest absolute Gasteiger partial charge is 0.328 e. The molecule has 1 amide bonds. The molecule has 108 valence electrons. The largest absolute Gasteiger partial charge is 0.467 e. The maximum atomic E-state index is 12.7. The van der Waals surface area contributed by atoms with Crippen LogP contribution in [0.25, 0.3) is 0 Å². The quantitative estimate of drug-likeness (QED) is 0.778. The van der Waals surface area contributed by atoms with Gasteiger partial charge in [0.15, 0.2) is 0 Å². The summed E-state index contributed by atoms with van der Waals surface area (Å²) in [5, 5.41) is 0. The van der Waals surface area contributed by atoms with E-state index in [2.05, 4.69) is 15.9 Å². The number of aryl methyl sites for hydroxylation is 1. The molecule has 1 aromatic rings. The Bertz CT molecular complexity index is 530. The molecule has 1 fully saturated rings. The van der Waals surface area contributed by atoms with E-state index in [-0.39, 0.29) is 11.9 Å². The molecule has 1 aromatic carbocycles. The van der Waals surface area contributed by atoms with Crippen LogP contribution in [0.1, 0.15) is 35.2 Å². The van der Waals surface area contributed by atoms with Crippen LogP contribution in [0.4, 0.5) is 0 Å². The number of halogens is 1. The van der Waals surface area contributed by atoms with Crippen LogP contribution in [-0.2, 0) is 9.53 Å². The number of carbonyl (C=O) groups is 2. The maximum absolute atomic E-state index is 12.7. The zero-order valence-corrected chi connectivity index (χ0v) is 13.3. The van der Waals surface area contributed by atoms with Gasteiger partial charge in [0.1, 0.15) is 6.04 Å².